The van der Waals surface area contributed by atoms with Crippen molar-refractivity contribution in [1.29, 1.82) is 0 Å². The molecule has 0 spiro atoms. The van der Waals surface area contributed by atoms with Crippen LogP contribution in [-0.2, 0) is 4.74 Å². The van der Waals surface area contributed by atoms with Crippen LogP contribution in [0.3, 0.4) is 0 Å². The zero-order chi connectivity index (χ0) is 7.68. The summed E-state index contributed by atoms with van der Waals surface area (Å²) in [5, 5.41) is 9.08. The van der Waals surface area contributed by atoms with Crippen LogP contribution in [0.15, 0.2) is 0 Å². The highest BCUT2D eigenvalue weighted by Gasteiger charge is 2.31. The Morgan fingerprint density at radius 1 is 1.17 bits per heavy atom. The normalized spacial score (nSPS) is 27.8. The maximum absolute atomic E-state index is 9.08. The summed E-state index contributed by atoms with van der Waals surface area (Å²) in [6.45, 7) is 3.56. The Bertz CT molecular complexity index is 133. The van der Waals surface area contributed by atoms with Gasteiger partial charge in [0.25, 0.3) is 0 Å². The van der Waals surface area contributed by atoms with Gasteiger partial charge < -0.3 is 9.84 Å². The third-order valence-electron chi connectivity index (χ3n) is 2.60. The summed E-state index contributed by atoms with van der Waals surface area (Å²) >= 11 is 0. The number of rotatable bonds is 1. The smallest absolute Gasteiger partial charge is 0.0794 e. The Hall–Kier alpha value is 0.170. The van der Waals surface area contributed by atoms with Gasteiger partial charge in [-0.25, -0.2) is 0 Å². The Morgan fingerprint density at radius 3 is 2.25 bits per heavy atom. The molecule has 3 nitrogen and oxygen atoms in total. The molecule has 2 aliphatic rings. The Labute approximate surface area is 79.1 Å². The third-order valence-corrected chi connectivity index (χ3v) is 2.60. The standard InChI is InChI=1S/C8H15NO2.ClH/c10-8-5-9(6-8)7-1-3-11-4-2-7;/h7-8,10H,1-6H2;1H. The molecule has 12 heavy (non-hydrogen) atoms. The van der Waals surface area contributed by atoms with E-state index in [1.165, 1.54) is 0 Å². The van der Waals surface area contributed by atoms with Crippen molar-refractivity contribution in [3.63, 3.8) is 0 Å². The minimum atomic E-state index is -0.0576. The molecular weight excluding hydrogens is 178 g/mol. The number of hydrogen-bond donors (Lipinski definition) is 1. The fourth-order valence-corrected chi connectivity index (χ4v) is 1.84. The molecule has 0 atom stereocenters. The van der Waals surface area contributed by atoms with Gasteiger partial charge in [0.15, 0.2) is 0 Å². The third kappa shape index (κ3) is 2.10. The summed E-state index contributed by atoms with van der Waals surface area (Å²) < 4.78 is 5.26. The van der Waals surface area contributed by atoms with Crippen molar-refractivity contribution < 1.29 is 9.84 Å². The number of nitrogens with zero attached hydrogens (tertiary/aromatic N) is 1. The highest BCUT2D eigenvalue weighted by molar-refractivity contribution is 5.85. The molecule has 1 N–H and O–H groups in total. The number of hydrogen-bond acceptors (Lipinski definition) is 3. The quantitative estimate of drug-likeness (QED) is 0.649. The van der Waals surface area contributed by atoms with Crippen LogP contribution in [0.2, 0.25) is 0 Å². The molecule has 2 heterocycles. The van der Waals surface area contributed by atoms with Crippen LogP contribution in [0, 0.1) is 0 Å². The zero-order valence-electron chi connectivity index (χ0n) is 7.11. The van der Waals surface area contributed by atoms with Crippen molar-refractivity contribution >= 4 is 12.4 Å². The Balaban J connectivity index is 0.000000720. The first-order chi connectivity index (χ1) is 5.36. The van der Waals surface area contributed by atoms with Crippen molar-refractivity contribution in [2.75, 3.05) is 26.3 Å². The maximum atomic E-state index is 9.08. The first-order valence-corrected chi connectivity index (χ1v) is 4.36. The summed E-state index contributed by atoms with van der Waals surface area (Å²) in [6, 6.07) is 0.687. The average molecular weight is 194 g/mol. The molecule has 72 valence electrons. The first-order valence-electron chi connectivity index (χ1n) is 4.36. The van der Waals surface area contributed by atoms with E-state index in [0.717, 1.165) is 39.1 Å². The average Bonchev–Trinajstić information content (AvgIpc) is 2.01. The van der Waals surface area contributed by atoms with Crippen LogP contribution >= 0.6 is 12.4 Å². The molecule has 0 amide bonds. The fourth-order valence-electron chi connectivity index (χ4n) is 1.84. The monoisotopic (exact) mass is 193 g/mol. The lowest BCUT2D eigenvalue weighted by atomic mass is 10.0. The molecule has 2 aliphatic heterocycles. The van der Waals surface area contributed by atoms with Gasteiger partial charge in [-0.2, -0.15) is 0 Å². The van der Waals surface area contributed by atoms with E-state index in [9.17, 15) is 0 Å². The molecule has 0 radical (unpaired) electrons. The van der Waals surface area contributed by atoms with Gasteiger partial charge in [-0.05, 0) is 12.8 Å². The highest BCUT2D eigenvalue weighted by atomic mass is 35.5. The van der Waals surface area contributed by atoms with E-state index in [1.807, 2.05) is 0 Å². The van der Waals surface area contributed by atoms with Crippen LogP contribution in [-0.4, -0.2) is 48.5 Å². The lowest BCUT2D eigenvalue weighted by molar-refractivity contribution is -0.0557. The predicted octanol–water partition coefficient (Wildman–Crippen LogP) is 0.264. The fraction of sp³-hybridized carbons (Fsp3) is 1.00. The van der Waals surface area contributed by atoms with Gasteiger partial charge in [0, 0.05) is 32.3 Å². The highest BCUT2D eigenvalue weighted by Crippen LogP contribution is 2.19. The van der Waals surface area contributed by atoms with Crippen molar-refractivity contribution in [3.8, 4) is 0 Å². The molecule has 0 aliphatic carbocycles. The molecule has 0 bridgehead atoms. The van der Waals surface area contributed by atoms with Gasteiger partial charge in [-0.15, -0.1) is 12.4 Å². The van der Waals surface area contributed by atoms with E-state index < -0.39 is 0 Å². The van der Waals surface area contributed by atoms with Gasteiger partial charge in [-0.3, -0.25) is 4.90 Å². The lowest BCUT2D eigenvalue weighted by Crippen LogP contribution is -2.56. The molecule has 2 rings (SSSR count). The second-order valence-corrected chi connectivity index (χ2v) is 3.45. The van der Waals surface area contributed by atoms with Crippen LogP contribution in [0.4, 0.5) is 0 Å². The summed E-state index contributed by atoms with van der Waals surface area (Å²) in [6.07, 6.45) is 2.23. The summed E-state index contributed by atoms with van der Waals surface area (Å²) in [5.74, 6) is 0. The minimum Gasteiger partial charge on any atom is -0.390 e. The first kappa shape index (κ1) is 10.3. The molecule has 2 fully saturated rings. The number of halogens is 1. The number of β-amino-alcohol motifs (C(OH)–C–C–N with tert-alkyl or cyclic N) is 1. The number of likely N-dealkylation sites (tertiary alicyclic amines) is 1. The molecule has 0 aromatic carbocycles. The largest absolute Gasteiger partial charge is 0.390 e. The zero-order valence-corrected chi connectivity index (χ0v) is 7.92. The topological polar surface area (TPSA) is 32.7 Å². The van der Waals surface area contributed by atoms with Crippen molar-refractivity contribution in [2.45, 2.75) is 25.0 Å². The number of aliphatic hydroxyl groups excluding tert-OH is 1. The van der Waals surface area contributed by atoms with E-state index in [0.29, 0.717) is 6.04 Å². The molecule has 0 aromatic rings. The van der Waals surface area contributed by atoms with Crippen LogP contribution in [0.25, 0.3) is 0 Å². The molecule has 4 heteroatoms. The molecule has 2 saturated heterocycles. The van der Waals surface area contributed by atoms with Gasteiger partial charge in [0.2, 0.25) is 0 Å². The lowest BCUT2D eigenvalue weighted by Gasteiger charge is -2.43. The van der Waals surface area contributed by atoms with E-state index in [2.05, 4.69) is 4.90 Å². The van der Waals surface area contributed by atoms with E-state index in [1.54, 1.807) is 0 Å². The van der Waals surface area contributed by atoms with E-state index >= 15 is 0 Å². The summed E-state index contributed by atoms with van der Waals surface area (Å²) in [7, 11) is 0. The van der Waals surface area contributed by atoms with E-state index in [4.69, 9.17) is 9.84 Å². The maximum Gasteiger partial charge on any atom is 0.0794 e. The SMILES string of the molecule is Cl.OC1CN(C2CCOCC2)C1. The van der Waals surface area contributed by atoms with Crippen LogP contribution < -0.4 is 0 Å². The van der Waals surface area contributed by atoms with Gasteiger partial charge in [-0.1, -0.05) is 0 Å². The van der Waals surface area contributed by atoms with Gasteiger partial charge in [0.05, 0.1) is 6.10 Å². The Morgan fingerprint density at radius 2 is 1.75 bits per heavy atom. The van der Waals surface area contributed by atoms with Crippen molar-refractivity contribution in [2.24, 2.45) is 0 Å². The molecule has 0 unspecified atom stereocenters. The van der Waals surface area contributed by atoms with Crippen LogP contribution in [0.1, 0.15) is 12.8 Å². The molecule has 0 aromatic heterocycles. The number of ether oxygens (including phenoxy) is 1. The second kappa shape index (κ2) is 4.42. The second-order valence-electron chi connectivity index (χ2n) is 3.45. The summed E-state index contributed by atoms with van der Waals surface area (Å²) in [4.78, 5) is 2.35. The van der Waals surface area contributed by atoms with Crippen molar-refractivity contribution in [1.82, 2.24) is 4.90 Å². The van der Waals surface area contributed by atoms with Gasteiger partial charge in [0.1, 0.15) is 0 Å². The summed E-state index contributed by atoms with van der Waals surface area (Å²) in [5.41, 5.74) is 0. The molecule has 0 saturated carbocycles. The van der Waals surface area contributed by atoms with Gasteiger partial charge >= 0.3 is 0 Å². The van der Waals surface area contributed by atoms with Crippen LogP contribution in [0.5, 0.6) is 0 Å². The predicted molar refractivity (Wildman–Crippen MR) is 48.7 cm³/mol. The number of aliphatic hydroxyl groups is 1. The van der Waals surface area contributed by atoms with Crippen molar-refractivity contribution in [3.05, 3.63) is 0 Å². The molecular formula is C8H16ClNO2. The van der Waals surface area contributed by atoms with E-state index in [-0.39, 0.29) is 18.5 Å². The Kier molecular flexibility index (Phi) is 3.77. The minimum absolute atomic E-state index is 0.